The lowest BCUT2D eigenvalue weighted by Gasteiger charge is -2.21. The van der Waals surface area contributed by atoms with E-state index in [0.29, 0.717) is 5.92 Å². The molecule has 100 valence electrons. The molecule has 1 aromatic rings. The fourth-order valence-corrected chi connectivity index (χ4v) is 2.27. The summed E-state index contributed by atoms with van der Waals surface area (Å²) in [7, 11) is 5.95. The molecule has 0 radical (unpaired) electrons. The average Bonchev–Trinajstić information content (AvgIpc) is 2.35. The number of benzene rings is 1. The molecular formula is C16H25NO. The summed E-state index contributed by atoms with van der Waals surface area (Å²) < 4.78 is 5.31. The molecule has 0 amide bonds. The minimum atomic E-state index is 0.520. The van der Waals surface area contributed by atoms with Crippen molar-refractivity contribution in [2.75, 3.05) is 27.7 Å². The Morgan fingerprint density at radius 2 is 2.11 bits per heavy atom. The SMILES string of the molecule is CCC=C(c1cccc(OC)c1)C(C)CN(C)C. The summed E-state index contributed by atoms with van der Waals surface area (Å²) in [5.74, 6) is 1.44. The Labute approximate surface area is 111 Å². The highest BCUT2D eigenvalue weighted by molar-refractivity contribution is 5.68. The standard InChI is InChI=1S/C16H25NO/c1-6-8-16(13(2)12-17(3)4)14-9-7-10-15(11-14)18-5/h7-11,13H,6,12H2,1-5H3. The summed E-state index contributed by atoms with van der Waals surface area (Å²) in [5, 5.41) is 0. The first-order chi connectivity index (χ1) is 8.58. The summed E-state index contributed by atoms with van der Waals surface area (Å²) in [5.41, 5.74) is 2.68. The molecule has 0 spiro atoms. The zero-order valence-corrected chi connectivity index (χ0v) is 12.2. The zero-order chi connectivity index (χ0) is 13.5. The first kappa shape index (κ1) is 14.8. The van der Waals surface area contributed by atoms with Crippen molar-refractivity contribution in [3.05, 3.63) is 35.9 Å². The van der Waals surface area contributed by atoms with Crippen LogP contribution in [0.15, 0.2) is 30.3 Å². The number of rotatable bonds is 6. The van der Waals surface area contributed by atoms with E-state index >= 15 is 0 Å². The Hall–Kier alpha value is -1.28. The van der Waals surface area contributed by atoms with Gasteiger partial charge in [0.25, 0.3) is 0 Å². The monoisotopic (exact) mass is 247 g/mol. The van der Waals surface area contributed by atoms with Crippen LogP contribution in [0, 0.1) is 5.92 Å². The summed E-state index contributed by atoms with van der Waals surface area (Å²) in [6.07, 6.45) is 3.38. The number of hydrogen-bond acceptors (Lipinski definition) is 2. The first-order valence-corrected chi connectivity index (χ1v) is 6.57. The largest absolute Gasteiger partial charge is 0.497 e. The maximum absolute atomic E-state index is 5.31. The fraction of sp³-hybridized carbons (Fsp3) is 0.500. The van der Waals surface area contributed by atoms with Gasteiger partial charge < -0.3 is 9.64 Å². The molecule has 0 N–H and O–H groups in total. The van der Waals surface area contributed by atoms with Gasteiger partial charge in [-0.25, -0.2) is 0 Å². The van der Waals surface area contributed by atoms with Gasteiger partial charge in [-0.05, 0) is 49.7 Å². The molecule has 0 saturated carbocycles. The van der Waals surface area contributed by atoms with Crippen LogP contribution in [-0.2, 0) is 0 Å². The molecule has 0 fully saturated rings. The second-order valence-corrected chi connectivity index (χ2v) is 4.96. The van der Waals surface area contributed by atoms with E-state index in [-0.39, 0.29) is 0 Å². The maximum Gasteiger partial charge on any atom is 0.119 e. The van der Waals surface area contributed by atoms with Crippen LogP contribution in [0.2, 0.25) is 0 Å². The third-order valence-electron chi connectivity index (χ3n) is 3.00. The maximum atomic E-state index is 5.31. The molecule has 1 aromatic carbocycles. The lowest BCUT2D eigenvalue weighted by Crippen LogP contribution is -2.20. The average molecular weight is 247 g/mol. The van der Waals surface area contributed by atoms with E-state index in [1.807, 2.05) is 6.07 Å². The molecule has 2 nitrogen and oxygen atoms in total. The molecule has 18 heavy (non-hydrogen) atoms. The molecular weight excluding hydrogens is 222 g/mol. The zero-order valence-electron chi connectivity index (χ0n) is 12.2. The highest BCUT2D eigenvalue weighted by Crippen LogP contribution is 2.27. The number of ether oxygens (including phenoxy) is 1. The van der Waals surface area contributed by atoms with Crippen molar-refractivity contribution >= 4 is 5.57 Å². The van der Waals surface area contributed by atoms with E-state index in [2.05, 4.69) is 57.1 Å². The second kappa shape index (κ2) is 7.22. The van der Waals surface area contributed by atoms with Crippen LogP contribution in [0.1, 0.15) is 25.8 Å². The number of methoxy groups -OCH3 is 1. The van der Waals surface area contributed by atoms with Crippen LogP contribution >= 0.6 is 0 Å². The minimum absolute atomic E-state index is 0.520. The van der Waals surface area contributed by atoms with Gasteiger partial charge in [-0.15, -0.1) is 0 Å². The molecule has 2 heteroatoms. The van der Waals surface area contributed by atoms with E-state index in [9.17, 15) is 0 Å². The highest BCUT2D eigenvalue weighted by Gasteiger charge is 2.12. The second-order valence-electron chi connectivity index (χ2n) is 4.96. The minimum Gasteiger partial charge on any atom is -0.497 e. The van der Waals surface area contributed by atoms with E-state index in [1.54, 1.807) is 7.11 Å². The van der Waals surface area contributed by atoms with Crippen LogP contribution in [0.25, 0.3) is 5.57 Å². The summed E-state index contributed by atoms with van der Waals surface area (Å²) in [6.45, 7) is 5.52. The van der Waals surface area contributed by atoms with Crippen LogP contribution in [0.5, 0.6) is 5.75 Å². The quantitative estimate of drug-likeness (QED) is 0.760. The molecule has 1 unspecified atom stereocenters. The third kappa shape index (κ3) is 4.19. The molecule has 0 aromatic heterocycles. The lowest BCUT2D eigenvalue weighted by atomic mass is 9.92. The van der Waals surface area contributed by atoms with Crippen molar-refractivity contribution in [2.45, 2.75) is 20.3 Å². The smallest absolute Gasteiger partial charge is 0.119 e. The fourth-order valence-electron chi connectivity index (χ4n) is 2.27. The van der Waals surface area contributed by atoms with Gasteiger partial charge in [-0.2, -0.15) is 0 Å². The van der Waals surface area contributed by atoms with Gasteiger partial charge in [0, 0.05) is 6.54 Å². The predicted octanol–water partition coefficient (Wildman–Crippen LogP) is 3.69. The Bertz CT molecular complexity index is 396. The van der Waals surface area contributed by atoms with Crippen molar-refractivity contribution in [3.8, 4) is 5.75 Å². The molecule has 0 heterocycles. The topological polar surface area (TPSA) is 12.5 Å². The van der Waals surface area contributed by atoms with Gasteiger partial charge in [0.15, 0.2) is 0 Å². The number of nitrogens with zero attached hydrogens (tertiary/aromatic N) is 1. The van der Waals surface area contributed by atoms with Crippen LogP contribution in [-0.4, -0.2) is 32.6 Å². The van der Waals surface area contributed by atoms with Crippen molar-refractivity contribution in [1.29, 1.82) is 0 Å². The third-order valence-corrected chi connectivity index (χ3v) is 3.00. The summed E-state index contributed by atoms with van der Waals surface area (Å²) in [4.78, 5) is 2.23. The summed E-state index contributed by atoms with van der Waals surface area (Å²) >= 11 is 0. The van der Waals surface area contributed by atoms with Crippen molar-refractivity contribution in [1.82, 2.24) is 4.90 Å². The van der Waals surface area contributed by atoms with E-state index in [1.165, 1.54) is 11.1 Å². The van der Waals surface area contributed by atoms with Gasteiger partial charge in [0.1, 0.15) is 5.75 Å². The van der Waals surface area contributed by atoms with Gasteiger partial charge in [0.05, 0.1) is 7.11 Å². The molecule has 1 rings (SSSR count). The molecule has 0 aliphatic rings. The van der Waals surface area contributed by atoms with Crippen molar-refractivity contribution in [3.63, 3.8) is 0 Å². The molecule has 0 aliphatic heterocycles. The van der Waals surface area contributed by atoms with E-state index in [0.717, 1.165) is 18.7 Å². The molecule has 0 bridgehead atoms. The predicted molar refractivity (Wildman–Crippen MR) is 79.0 cm³/mol. The van der Waals surface area contributed by atoms with Crippen LogP contribution < -0.4 is 4.74 Å². The molecule has 1 atom stereocenters. The van der Waals surface area contributed by atoms with Crippen LogP contribution in [0.3, 0.4) is 0 Å². The Morgan fingerprint density at radius 3 is 2.67 bits per heavy atom. The van der Waals surface area contributed by atoms with Gasteiger partial charge in [0.2, 0.25) is 0 Å². The van der Waals surface area contributed by atoms with E-state index < -0.39 is 0 Å². The van der Waals surface area contributed by atoms with Gasteiger partial charge in [-0.3, -0.25) is 0 Å². The normalized spacial score (nSPS) is 13.8. The van der Waals surface area contributed by atoms with Gasteiger partial charge in [-0.1, -0.05) is 32.1 Å². The number of hydrogen-bond donors (Lipinski definition) is 0. The Morgan fingerprint density at radius 1 is 1.39 bits per heavy atom. The Kier molecular flexibility index (Phi) is 5.93. The highest BCUT2D eigenvalue weighted by atomic mass is 16.5. The number of allylic oxidation sites excluding steroid dienone is 1. The Balaban J connectivity index is 3.00. The molecule has 0 aliphatic carbocycles. The van der Waals surface area contributed by atoms with Crippen molar-refractivity contribution in [2.24, 2.45) is 5.92 Å². The van der Waals surface area contributed by atoms with Crippen LogP contribution in [0.4, 0.5) is 0 Å². The summed E-state index contributed by atoms with van der Waals surface area (Å²) in [6, 6.07) is 8.33. The lowest BCUT2D eigenvalue weighted by molar-refractivity contribution is 0.375. The van der Waals surface area contributed by atoms with Crippen molar-refractivity contribution < 1.29 is 4.74 Å². The first-order valence-electron chi connectivity index (χ1n) is 6.57. The van der Waals surface area contributed by atoms with E-state index in [4.69, 9.17) is 4.74 Å². The molecule has 0 saturated heterocycles. The van der Waals surface area contributed by atoms with Gasteiger partial charge >= 0.3 is 0 Å².